The van der Waals surface area contributed by atoms with E-state index in [9.17, 15) is 9.59 Å². The van der Waals surface area contributed by atoms with Crippen LogP contribution in [-0.2, 0) is 27.5 Å². The SMILES string of the molecule is O=C(CNC(=O)OCc1ccccc1)OCc1ccc2ccc3cccc4ccc1c2c34. The van der Waals surface area contributed by atoms with Crippen LogP contribution >= 0.6 is 0 Å². The van der Waals surface area contributed by atoms with Gasteiger partial charge in [0, 0.05) is 0 Å². The maximum absolute atomic E-state index is 12.2. The molecule has 0 saturated heterocycles. The van der Waals surface area contributed by atoms with Gasteiger partial charge in [-0.1, -0.05) is 84.9 Å². The molecule has 0 spiro atoms. The van der Waals surface area contributed by atoms with Gasteiger partial charge in [-0.05, 0) is 43.4 Å². The van der Waals surface area contributed by atoms with E-state index in [1.807, 2.05) is 36.4 Å². The first kappa shape index (κ1) is 19.8. The normalized spacial score (nSPS) is 11.1. The van der Waals surface area contributed by atoms with Crippen LogP contribution in [0.25, 0.3) is 32.3 Å². The van der Waals surface area contributed by atoms with E-state index in [4.69, 9.17) is 9.47 Å². The number of benzene rings is 5. The molecule has 158 valence electrons. The van der Waals surface area contributed by atoms with Crippen molar-refractivity contribution in [2.45, 2.75) is 13.2 Å². The summed E-state index contributed by atoms with van der Waals surface area (Å²) in [5.74, 6) is -0.521. The third-order valence-corrected chi connectivity index (χ3v) is 5.60. The van der Waals surface area contributed by atoms with Crippen molar-refractivity contribution in [3.63, 3.8) is 0 Å². The van der Waals surface area contributed by atoms with Crippen molar-refractivity contribution in [2.24, 2.45) is 0 Å². The number of esters is 1. The van der Waals surface area contributed by atoms with Gasteiger partial charge in [-0.25, -0.2) is 4.79 Å². The summed E-state index contributed by atoms with van der Waals surface area (Å²) in [5.41, 5.74) is 1.80. The number of nitrogens with one attached hydrogen (secondary N) is 1. The Balaban J connectivity index is 1.23. The molecule has 0 saturated carbocycles. The van der Waals surface area contributed by atoms with Crippen LogP contribution in [0.3, 0.4) is 0 Å². The number of carbonyl (C=O) groups is 2. The Morgan fingerprint density at radius 1 is 0.656 bits per heavy atom. The van der Waals surface area contributed by atoms with Gasteiger partial charge in [0.25, 0.3) is 0 Å². The Morgan fingerprint density at radius 3 is 2.12 bits per heavy atom. The molecule has 0 bridgehead atoms. The fraction of sp³-hybridized carbons (Fsp3) is 0.111. The summed E-state index contributed by atoms with van der Waals surface area (Å²) >= 11 is 0. The summed E-state index contributed by atoms with van der Waals surface area (Å²) in [6, 6.07) is 28.1. The molecule has 0 aliphatic rings. The minimum absolute atomic E-state index is 0.133. The highest BCUT2D eigenvalue weighted by Crippen LogP contribution is 2.36. The van der Waals surface area contributed by atoms with Crippen molar-refractivity contribution >= 4 is 44.4 Å². The molecule has 0 aromatic heterocycles. The van der Waals surface area contributed by atoms with Crippen LogP contribution in [0.4, 0.5) is 4.79 Å². The first-order chi connectivity index (χ1) is 15.7. The van der Waals surface area contributed by atoms with E-state index in [1.165, 1.54) is 21.5 Å². The zero-order valence-electron chi connectivity index (χ0n) is 17.3. The largest absolute Gasteiger partial charge is 0.459 e. The molecule has 1 N–H and O–H groups in total. The van der Waals surface area contributed by atoms with E-state index in [1.54, 1.807) is 0 Å². The molecule has 5 aromatic rings. The zero-order valence-corrected chi connectivity index (χ0v) is 17.3. The molecule has 32 heavy (non-hydrogen) atoms. The van der Waals surface area contributed by atoms with Crippen molar-refractivity contribution in [1.29, 1.82) is 0 Å². The van der Waals surface area contributed by atoms with Gasteiger partial charge >= 0.3 is 12.1 Å². The molecule has 5 rings (SSSR count). The third kappa shape index (κ3) is 3.93. The molecule has 5 aromatic carbocycles. The lowest BCUT2D eigenvalue weighted by molar-refractivity contribution is -0.143. The van der Waals surface area contributed by atoms with Gasteiger partial charge in [0.2, 0.25) is 0 Å². The van der Waals surface area contributed by atoms with E-state index in [0.29, 0.717) is 0 Å². The molecule has 0 unspecified atom stereocenters. The number of ether oxygens (including phenoxy) is 2. The van der Waals surface area contributed by atoms with Crippen LogP contribution in [-0.4, -0.2) is 18.6 Å². The topological polar surface area (TPSA) is 64.6 Å². The summed E-state index contributed by atoms with van der Waals surface area (Å²) in [4.78, 5) is 24.0. The lowest BCUT2D eigenvalue weighted by Gasteiger charge is -2.14. The van der Waals surface area contributed by atoms with E-state index < -0.39 is 12.1 Å². The predicted octanol–water partition coefficient (Wildman–Crippen LogP) is 5.55. The fourth-order valence-electron chi connectivity index (χ4n) is 4.05. The highest BCUT2D eigenvalue weighted by molar-refractivity contribution is 6.23. The number of hydrogen-bond donors (Lipinski definition) is 1. The number of rotatable bonds is 6. The van der Waals surface area contributed by atoms with Crippen LogP contribution in [0.2, 0.25) is 0 Å². The standard InChI is InChI=1S/C27H21NO4/c29-24(15-28-27(30)32-16-18-5-2-1-3-6-18)31-17-22-12-11-21-10-9-19-7-4-8-20-13-14-23(22)26(21)25(19)20/h1-14H,15-17H2,(H,28,30). The van der Waals surface area contributed by atoms with Gasteiger partial charge in [0.15, 0.2) is 0 Å². The highest BCUT2D eigenvalue weighted by atomic mass is 16.6. The summed E-state index contributed by atoms with van der Waals surface area (Å²) in [6.07, 6.45) is -0.659. The highest BCUT2D eigenvalue weighted by Gasteiger charge is 2.13. The van der Waals surface area contributed by atoms with Gasteiger partial charge < -0.3 is 14.8 Å². The molecular formula is C27H21NO4. The lowest BCUT2D eigenvalue weighted by Crippen LogP contribution is -2.31. The van der Waals surface area contributed by atoms with Crippen LogP contribution in [0, 0.1) is 0 Å². The number of alkyl carbamates (subject to hydrolysis) is 1. The van der Waals surface area contributed by atoms with Crippen molar-refractivity contribution in [3.05, 3.63) is 96.1 Å². The summed E-state index contributed by atoms with van der Waals surface area (Å²) < 4.78 is 10.5. The second-order valence-electron chi connectivity index (χ2n) is 7.66. The van der Waals surface area contributed by atoms with Crippen LogP contribution in [0.1, 0.15) is 11.1 Å². The smallest absolute Gasteiger partial charge is 0.407 e. The minimum atomic E-state index is -0.659. The van der Waals surface area contributed by atoms with Gasteiger partial charge in [-0.3, -0.25) is 4.79 Å². The van der Waals surface area contributed by atoms with Gasteiger partial charge in [-0.15, -0.1) is 0 Å². The molecule has 0 aliphatic carbocycles. The maximum atomic E-state index is 12.2. The lowest BCUT2D eigenvalue weighted by atomic mass is 9.92. The summed E-state index contributed by atoms with van der Waals surface area (Å²) in [6.45, 7) is 0.0254. The average Bonchev–Trinajstić information content (AvgIpc) is 2.84. The van der Waals surface area contributed by atoms with Crippen molar-refractivity contribution in [2.75, 3.05) is 6.54 Å². The molecule has 1 amide bonds. The van der Waals surface area contributed by atoms with E-state index in [-0.39, 0.29) is 19.8 Å². The number of carbonyl (C=O) groups excluding carboxylic acids is 2. The van der Waals surface area contributed by atoms with E-state index in [0.717, 1.165) is 21.9 Å². The summed E-state index contributed by atoms with van der Waals surface area (Å²) in [5, 5.41) is 9.42. The van der Waals surface area contributed by atoms with Crippen LogP contribution < -0.4 is 5.32 Å². The monoisotopic (exact) mass is 423 g/mol. The zero-order chi connectivity index (χ0) is 21.9. The number of amides is 1. The predicted molar refractivity (Wildman–Crippen MR) is 125 cm³/mol. The third-order valence-electron chi connectivity index (χ3n) is 5.60. The van der Waals surface area contributed by atoms with E-state index >= 15 is 0 Å². The summed E-state index contributed by atoms with van der Waals surface area (Å²) in [7, 11) is 0. The fourth-order valence-corrected chi connectivity index (χ4v) is 4.05. The average molecular weight is 423 g/mol. The first-order valence-electron chi connectivity index (χ1n) is 10.4. The number of hydrogen-bond acceptors (Lipinski definition) is 4. The maximum Gasteiger partial charge on any atom is 0.407 e. The molecule has 0 atom stereocenters. The Kier molecular flexibility index (Phi) is 5.30. The first-order valence-corrected chi connectivity index (χ1v) is 10.4. The molecule has 0 fully saturated rings. The van der Waals surface area contributed by atoms with Crippen molar-refractivity contribution in [1.82, 2.24) is 5.32 Å². The second kappa shape index (κ2) is 8.55. The second-order valence-corrected chi connectivity index (χ2v) is 7.66. The molecule has 0 heterocycles. The van der Waals surface area contributed by atoms with Gasteiger partial charge in [0.1, 0.15) is 19.8 Å². The Labute approximate surface area is 184 Å². The van der Waals surface area contributed by atoms with Gasteiger partial charge in [0.05, 0.1) is 0 Å². The Bertz CT molecular complexity index is 1400. The molecule has 5 heteroatoms. The van der Waals surface area contributed by atoms with Crippen LogP contribution in [0.15, 0.2) is 84.9 Å². The molecular weight excluding hydrogens is 402 g/mol. The molecule has 0 aliphatic heterocycles. The molecule has 5 nitrogen and oxygen atoms in total. The van der Waals surface area contributed by atoms with Crippen LogP contribution in [0.5, 0.6) is 0 Å². The minimum Gasteiger partial charge on any atom is -0.459 e. The quantitative estimate of drug-likeness (QED) is 0.287. The van der Waals surface area contributed by atoms with Crippen molar-refractivity contribution < 1.29 is 19.1 Å². The van der Waals surface area contributed by atoms with E-state index in [2.05, 4.69) is 53.8 Å². The molecule has 0 radical (unpaired) electrons. The Morgan fingerprint density at radius 2 is 1.34 bits per heavy atom. The van der Waals surface area contributed by atoms with Crippen molar-refractivity contribution in [3.8, 4) is 0 Å². The Hall–Kier alpha value is -4.12. The van der Waals surface area contributed by atoms with Gasteiger partial charge in [-0.2, -0.15) is 0 Å².